The SMILES string of the molecule is Cl.Cl.NCCCNCCC(=O)N[C@@H](CC(=O)O)C(=O)O. The molecular formula is C10H21Cl2N3O5. The minimum atomic E-state index is -1.39. The summed E-state index contributed by atoms with van der Waals surface area (Å²) in [5, 5.41) is 22.3. The number of aliphatic carboxylic acids is 2. The summed E-state index contributed by atoms with van der Waals surface area (Å²) in [5.74, 6) is -3.13. The van der Waals surface area contributed by atoms with Crippen LogP contribution < -0.4 is 16.4 Å². The fourth-order valence-corrected chi connectivity index (χ4v) is 1.20. The average molecular weight is 334 g/mol. The highest BCUT2D eigenvalue weighted by molar-refractivity contribution is 5.86. The summed E-state index contributed by atoms with van der Waals surface area (Å²) < 4.78 is 0. The molecule has 0 aliphatic rings. The van der Waals surface area contributed by atoms with E-state index in [2.05, 4.69) is 10.6 Å². The molecule has 6 N–H and O–H groups in total. The Kier molecular flexibility index (Phi) is 17.2. The fourth-order valence-electron chi connectivity index (χ4n) is 1.20. The van der Waals surface area contributed by atoms with E-state index < -0.39 is 30.3 Å². The Bertz CT molecular complexity index is 305. The van der Waals surface area contributed by atoms with Crippen LogP contribution in [0.15, 0.2) is 0 Å². The van der Waals surface area contributed by atoms with E-state index in [1.165, 1.54) is 0 Å². The van der Waals surface area contributed by atoms with Gasteiger partial charge in [0.1, 0.15) is 6.04 Å². The molecule has 0 fully saturated rings. The first kappa shape index (κ1) is 24.0. The van der Waals surface area contributed by atoms with Crippen LogP contribution in [0.4, 0.5) is 0 Å². The van der Waals surface area contributed by atoms with Gasteiger partial charge in [-0.05, 0) is 19.5 Å². The molecule has 0 aliphatic carbocycles. The van der Waals surface area contributed by atoms with Gasteiger partial charge in [0, 0.05) is 13.0 Å². The maximum Gasteiger partial charge on any atom is 0.326 e. The van der Waals surface area contributed by atoms with Crippen LogP contribution in [0.1, 0.15) is 19.3 Å². The molecule has 120 valence electrons. The highest BCUT2D eigenvalue weighted by Crippen LogP contribution is 1.93. The van der Waals surface area contributed by atoms with Crippen molar-refractivity contribution < 1.29 is 24.6 Å². The van der Waals surface area contributed by atoms with Crippen LogP contribution in [0.5, 0.6) is 0 Å². The molecule has 0 aliphatic heterocycles. The smallest absolute Gasteiger partial charge is 0.326 e. The normalized spacial score (nSPS) is 10.7. The van der Waals surface area contributed by atoms with Crippen molar-refractivity contribution in [3.63, 3.8) is 0 Å². The van der Waals surface area contributed by atoms with Crippen molar-refractivity contribution in [1.29, 1.82) is 0 Å². The van der Waals surface area contributed by atoms with Gasteiger partial charge in [-0.3, -0.25) is 9.59 Å². The molecule has 0 unspecified atom stereocenters. The van der Waals surface area contributed by atoms with Gasteiger partial charge in [-0.15, -0.1) is 24.8 Å². The summed E-state index contributed by atoms with van der Waals surface area (Å²) in [4.78, 5) is 32.4. The summed E-state index contributed by atoms with van der Waals surface area (Å²) in [6.45, 7) is 1.63. The van der Waals surface area contributed by atoms with Crippen molar-refractivity contribution in [3.05, 3.63) is 0 Å². The molecule has 8 nitrogen and oxygen atoms in total. The maximum atomic E-state index is 11.3. The predicted octanol–water partition coefficient (Wildman–Crippen LogP) is -0.797. The van der Waals surface area contributed by atoms with Crippen molar-refractivity contribution in [1.82, 2.24) is 10.6 Å². The van der Waals surface area contributed by atoms with Crippen LogP contribution in [0.3, 0.4) is 0 Å². The summed E-state index contributed by atoms with van der Waals surface area (Å²) in [6, 6.07) is -1.39. The highest BCUT2D eigenvalue weighted by atomic mass is 35.5. The molecule has 20 heavy (non-hydrogen) atoms. The summed E-state index contributed by atoms with van der Waals surface area (Å²) in [6.07, 6.45) is 0.244. The standard InChI is InChI=1S/C10H19N3O5.2ClH/c11-3-1-4-12-5-2-8(14)13-7(10(17)18)6-9(15)16;;/h7,12H,1-6,11H2,(H,13,14)(H,15,16)(H,17,18);2*1H/t7-;;/m0../s1. The zero-order chi connectivity index (χ0) is 14.0. The van der Waals surface area contributed by atoms with Gasteiger partial charge in [-0.1, -0.05) is 0 Å². The molecule has 0 aromatic carbocycles. The molecule has 10 heteroatoms. The number of hydrogen-bond donors (Lipinski definition) is 5. The van der Waals surface area contributed by atoms with Crippen LogP contribution in [0, 0.1) is 0 Å². The van der Waals surface area contributed by atoms with E-state index in [1.807, 2.05) is 0 Å². The minimum absolute atomic E-state index is 0. The van der Waals surface area contributed by atoms with Crippen molar-refractivity contribution in [2.24, 2.45) is 5.73 Å². The van der Waals surface area contributed by atoms with Crippen LogP contribution in [-0.4, -0.2) is 53.7 Å². The Hall–Kier alpha value is -1.09. The molecule has 0 aromatic heterocycles. The predicted molar refractivity (Wildman–Crippen MR) is 77.5 cm³/mol. The third-order valence-corrected chi connectivity index (χ3v) is 2.10. The van der Waals surface area contributed by atoms with Gasteiger partial charge in [-0.25, -0.2) is 4.79 Å². The molecular weight excluding hydrogens is 313 g/mol. The number of rotatable bonds is 10. The van der Waals surface area contributed by atoms with Gasteiger partial charge in [0.15, 0.2) is 0 Å². The Morgan fingerprint density at radius 2 is 1.70 bits per heavy atom. The summed E-state index contributed by atoms with van der Waals surface area (Å²) >= 11 is 0. The molecule has 0 saturated carbocycles. The average Bonchev–Trinajstić information content (AvgIpc) is 2.27. The van der Waals surface area contributed by atoms with Gasteiger partial charge in [0.2, 0.25) is 5.91 Å². The van der Waals surface area contributed by atoms with Crippen LogP contribution in [0.2, 0.25) is 0 Å². The summed E-state index contributed by atoms with van der Waals surface area (Å²) in [7, 11) is 0. The minimum Gasteiger partial charge on any atom is -0.481 e. The highest BCUT2D eigenvalue weighted by Gasteiger charge is 2.22. The second-order valence-corrected chi connectivity index (χ2v) is 3.70. The Balaban J connectivity index is -0.00000144. The van der Waals surface area contributed by atoms with Crippen molar-refractivity contribution in [3.8, 4) is 0 Å². The van der Waals surface area contributed by atoms with E-state index in [0.717, 1.165) is 6.42 Å². The van der Waals surface area contributed by atoms with E-state index in [9.17, 15) is 14.4 Å². The van der Waals surface area contributed by atoms with E-state index in [0.29, 0.717) is 19.6 Å². The number of halogens is 2. The molecule has 0 heterocycles. The van der Waals surface area contributed by atoms with Gasteiger partial charge in [0.25, 0.3) is 0 Å². The largest absolute Gasteiger partial charge is 0.481 e. The van der Waals surface area contributed by atoms with Gasteiger partial charge in [0.05, 0.1) is 6.42 Å². The van der Waals surface area contributed by atoms with Crippen molar-refractivity contribution >= 4 is 42.7 Å². The molecule has 0 radical (unpaired) electrons. The van der Waals surface area contributed by atoms with Gasteiger partial charge >= 0.3 is 11.9 Å². The van der Waals surface area contributed by atoms with Crippen LogP contribution in [-0.2, 0) is 14.4 Å². The summed E-state index contributed by atoms with van der Waals surface area (Å²) in [5.41, 5.74) is 5.28. The first-order valence-electron chi connectivity index (χ1n) is 5.62. The zero-order valence-electron chi connectivity index (χ0n) is 10.8. The lowest BCUT2D eigenvalue weighted by atomic mass is 10.2. The fraction of sp³-hybridized carbons (Fsp3) is 0.700. The van der Waals surface area contributed by atoms with Gasteiger partial charge < -0.3 is 26.6 Å². The lowest BCUT2D eigenvalue weighted by Crippen LogP contribution is -2.43. The first-order valence-corrected chi connectivity index (χ1v) is 5.62. The number of nitrogens with two attached hydrogens (primary N) is 1. The topological polar surface area (TPSA) is 142 Å². The molecule has 0 bridgehead atoms. The Morgan fingerprint density at radius 1 is 1.10 bits per heavy atom. The number of amides is 1. The Labute approximate surface area is 129 Å². The second-order valence-electron chi connectivity index (χ2n) is 3.70. The Morgan fingerprint density at radius 3 is 2.15 bits per heavy atom. The third-order valence-electron chi connectivity index (χ3n) is 2.10. The molecule has 0 spiro atoms. The number of carboxylic acid groups (broad SMARTS) is 2. The first-order chi connectivity index (χ1) is 8.47. The monoisotopic (exact) mass is 333 g/mol. The van der Waals surface area contributed by atoms with E-state index in [1.54, 1.807) is 0 Å². The van der Waals surface area contributed by atoms with E-state index in [-0.39, 0.29) is 31.2 Å². The molecule has 1 atom stereocenters. The van der Waals surface area contributed by atoms with Crippen molar-refractivity contribution in [2.75, 3.05) is 19.6 Å². The number of hydrogen-bond acceptors (Lipinski definition) is 5. The second kappa shape index (κ2) is 14.3. The van der Waals surface area contributed by atoms with Crippen LogP contribution >= 0.6 is 24.8 Å². The number of nitrogens with one attached hydrogen (secondary N) is 2. The van der Waals surface area contributed by atoms with Gasteiger partial charge in [-0.2, -0.15) is 0 Å². The number of carbonyl (C=O) groups excluding carboxylic acids is 1. The molecule has 0 rings (SSSR count). The zero-order valence-corrected chi connectivity index (χ0v) is 12.5. The molecule has 0 aromatic rings. The lowest BCUT2D eigenvalue weighted by Gasteiger charge is -2.12. The maximum absolute atomic E-state index is 11.3. The van der Waals surface area contributed by atoms with E-state index in [4.69, 9.17) is 15.9 Å². The van der Waals surface area contributed by atoms with Crippen molar-refractivity contribution in [2.45, 2.75) is 25.3 Å². The number of carboxylic acids is 2. The quantitative estimate of drug-likeness (QED) is 0.329. The number of carbonyl (C=O) groups is 3. The molecule has 0 saturated heterocycles. The van der Waals surface area contributed by atoms with Crippen LogP contribution in [0.25, 0.3) is 0 Å². The molecule has 1 amide bonds. The third kappa shape index (κ3) is 13.3. The van der Waals surface area contributed by atoms with E-state index >= 15 is 0 Å². The lowest BCUT2D eigenvalue weighted by molar-refractivity contribution is -0.147.